The summed E-state index contributed by atoms with van der Waals surface area (Å²) in [7, 11) is 0. The van der Waals surface area contributed by atoms with Crippen molar-refractivity contribution in [2.75, 3.05) is 5.32 Å². The summed E-state index contributed by atoms with van der Waals surface area (Å²) in [6.07, 6.45) is 2.96. The van der Waals surface area contributed by atoms with E-state index in [9.17, 15) is 9.59 Å². The van der Waals surface area contributed by atoms with Gasteiger partial charge in [0.25, 0.3) is 5.56 Å². The second kappa shape index (κ2) is 5.54. The van der Waals surface area contributed by atoms with E-state index >= 15 is 0 Å². The predicted octanol–water partition coefficient (Wildman–Crippen LogP) is 1.43. The minimum Gasteiger partial charge on any atom is -0.309 e. The van der Waals surface area contributed by atoms with Crippen LogP contribution in [0.15, 0.2) is 59.8 Å². The number of amides is 1. The number of pyridine rings is 1. The zero-order chi connectivity index (χ0) is 14.7. The Morgan fingerprint density at radius 2 is 1.90 bits per heavy atom. The molecule has 0 unspecified atom stereocenters. The number of para-hydroxylation sites is 1. The van der Waals surface area contributed by atoms with Crippen molar-refractivity contribution < 1.29 is 4.79 Å². The molecule has 0 saturated heterocycles. The number of hydrogen-bond donors (Lipinski definition) is 1. The standard InChI is InChI=1S/C15H12N4O2/c20-14(18-13-7-3-4-8-16-13)9-19-10-17-12-6-2-1-5-11(12)15(19)21/h1-8,10H,9H2,(H,16,18,20). The maximum Gasteiger partial charge on any atom is 0.261 e. The van der Waals surface area contributed by atoms with Crippen LogP contribution in [0.2, 0.25) is 0 Å². The van der Waals surface area contributed by atoms with Gasteiger partial charge in [0.05, 0.1) is 17.2 Å². The van der Waals surface area contributed by atoms with Gasteiger partial charge in [-0.3, -0.25) is 14.2 Å². The molecule has 2 aromatic heterocycles. The summed E-state index contributed by atoms with van der Waals surface area (Å²) in [5.41, 5.74) is 0.376. The van der Waals surface area contributed by atoms with Gasteiger partial charge in [0.1, 0.15) is 12.4 Å². The number of fused-ring (bicyclic) bond motifs is 1. The molecule has 3 aromatic rings. The molecule has 6 heteroatoms. The van der Waals surface area contributed by atoms with Crippen LogP contribution in [-0.2, 0) is 11.3 Å². The van der Waals surface area contributed by atoms with Gasteiger partial charge in [-0.25, -0.2) is 9.97 Å². The molecular formula is C15H12N4O2. The van der Waals surface area contributed by atoms with Crippen LogP contribution in [0.3, 0.4) is 0 Å². The van der Waals surface area contributed by atoms with Crippen molar-refractivity contribution in [2.24, 2.45) is 0 Å². The Morgan fingerprint density at radius 3 is 2.71 bits per heavy atom. The van der Waals surface area contributed by atoms with E-state index in [4.69, 9.17) is 0 Å². The van der Waals surface area contributed by atoms with Crippen molar-refractivity contribution in [1.29, 1.82) is 0 Å². The quantitative estimate of drug-likeness (QED) is 0.787. The average molecular weight is 280 g/mol. The van der Waals surface area contributed by atoms with Crippen LogP contribution < -0.4 is 10.9 Å². The Labute approximate surface area is 120 Å². The van der Waals surface area contributed by atoms with Crippen molar-refractivity contribution in [2.45, 2.75) is 6.54 Å². The van der Waals surface area contributed by atoms with Gasteiger partial charge >= 0.3 is 0 Å². The molecule has 2 heterocycles. The summed E-state index contributed by atoms with van der Waals surface area (Å²) >= 11 is 0. The van der Waals surface area contributed by atoms with Crippen LogP contribution in [0.25, 0.3) is 10.9 Å². The van der Waals surface area contributed by atoms with Crippen molar-refractivity contribution >= 4 is 22.6 Å². The molecular weight excluding hydrogens is 268 g/mol. The highest BCUT2D eigenvalue weighted by molar-refractivity contribution is 5.89. The molecule has 0 atom stereocenters. The number of nitrogens with zero attached hydrogens (tertiary/aromatic N) is 3. The van der Waals surface area contributed by atoms with Gasteiger partial charge in [-0.15, -0.1) is 0 Å². The second-order valence-corrected chi connectivity index (χ2v) is 4.46. The van der Waals surface area contributed by atoms with Crippen molar-refractivity contribution in [1.82, 2.24) is 14.5 Å². The molecule has 1 amide bonds. The highest BCUT2D eigenvalue weighted by Crippen LogP contribution is 2.05. The van der Waals surface area contributed by atoms with Crippen LogP contribution >= 0.6 is 0 Å². The largest absolute Gasteiger partial charge is 0.309 e. The van der Waals surface area contributed by atoms with Gasteiger partial charge in [0.2, 0.25) is 5.91 Å². The molecule has 0 radical (unpaired) electrons. The number of rotatable bonds is 3. The van der Waals surface area contributed by atoms with Gasteiger partial charge in [0.15, 0.2) is 0 Å². The lowest BCUT2D eigenvalue weighted by molar-refractivity contribution is -0.116. The van der Waals surface area contributed by atoms with E-state index in [1.807, 2.05) is 6.07 Å². The fraction of sp³-hybridized carbons (Fsp3) is 0.0667. The van der Waals surface area contributed by atoms with Crippen molar-refractivity contribution in [3.05, 3.63) is 65.3 Å². The molecule has 0 bridgehead atoms. The lowest BCUT2D eigenvalue weighted by atomic mass is 10.2. The maximum absolute atomic E-state index is 12.2. The second-order valence-electron chi connectivity index (χ2n) is 4.46. The van der Waals surface area contributed by atoms with Crippen molar-refractivity contribution in [3.63, 3.8) is 0 Å². The molecule has 1 aromatic carbocycles. The van der Waals surface area contributed by atoms with E-state index in [1.165, 1.54) is 10.9 Å². The first-order valence-electron chi connectivity index (χ1n) is 6.39. The summed E-state index contributed by atoms with van der Waals surface area (Å²) in [4.78, 5) is 32.3. The maximum atomic E-state index is 12.2. The smallest absolute Gasteiger partial charge is 0.261 e. The third kappa shape index (κ3) is 2.79. The van der Waals surface area contributed by atoms with Gasteiger partial charge in [-0.1, -0.05) is 18.2 Å². The molecule has 0 spiro atoms. The molecule has 104 valence electrons. The fourth-order valence-electron chi connectivity index (χ4n) is 1.99. The summed E-state index contributed by atoms with van der Waals surface area (Å²) in [6.45, 7) is -0.104. The van der Waals surface area contributed by atoms with E-state index in [0.29, 0.717) is 16.7 Å². The molecule has 0 aliphatic rings. The Bertz CT molecular complexity index is 843. The predicted molar refractivity (Wildman–Crippen MR) is 78.9 cm³/mol. The highest BCUT2D eigenvalue weighted by Gasteiger charge is 2.08. The third-order valence-corrected chi connectivity index (χ3v) is 2.98. The number of anilines is 1. The highest BCUT2D eigenvalue weighted by atomic mass is 16.2. The Hall–Kier alpha value is -3.02. The molecule has 0 saturated carbocycles. The number of benzene rings is 1. The van der Waals surface area contributed by atoms with Gasteiger partial charge in [-0.2, -0.15) is 0 Å². The van der Waals surface area contributed by atoms with Crippen LogP contribution in [-0.4, -0.2) is 20.4 Å². The molecule has 0 aliphatic heterocycles. The molecule has 0 aliphatic carbocycles. The average Bonchev–Trinajstić information content (AvgIpc) is 2.51. The van der Waals surface area contributed by atoms with Gasteiger partial charge < -0.3 is 5.32 Å². The van der Waals surface area contributed by atoms with Gasteiger partial charge in [-0.05, 0) is 24.3 Å². The first-order chi connectivity index (χ1) is 10.2. The number of nitrogens with one attached hydrogen (secondary N) is 1. The molecule has 21 heavy (non-hydrogen) atoms. The number of carbonyl (C=O) groups is 1. The first-order valence-corrected chi connectivity index (χ1v) is 6.39. The van der Waals surface area contributed by atoms with Gasteiger partial charge in [0, 0.05) is 6.20 Å². The Balaban J connectivity index is 1.83. The molecule has 0 fully saturated rings. The Kier molecular flexibility index (Phi) is 3.42. The van der Waals surface area contributed by atoms with Crippen LogP contribution in [0.4, 0.5) is 5.82 Å². The number of hydrogen-bond acceptors (Lipinski definition) is 4. The summed E-state index contributed by atoms with van der Waals surface area (Å²) in [5, 5.41) is 3.12. The molecule has 1 N–H and O–H groups in total. The van der Waals surface area contributed by atoms with E-state index in [0.717, 1.165) is 0 Å². The summed E-state index contributed by atoms with van der Waals surface area (Å²) in [6, 6.07) is 12.2. The number of aromatic nitrogens is 3. The van der Waals surface area contributed by atoms with Crippen LogP contribution in [0.5, 0.6) is 0 Å². The summed E-state index contributed by atoms with van der Waals surface area (Å²) in [5.74, 6) is 0.122. The zero-order valence-electron chi connectivity index (χ0n) is 11.1. The van der Waals surface area contributed by atoms with E-state index in [1.54, 1.807) is 42.6 Å². The van der Waals surface area contributed by atoms with E-state index in [2.05, 4.69) is 15.3 Å². The number of carbonyl (C=O) groups excluding carboxylic acids is 1. The monoisotopic (exact) mass is 280 g/mol. The summed E-state index contributed by atoms with van der Waals surface area (Å²) < 4.78 is 1.28. The lowest BCUT2D eigenvalue weighted by Crippen LogP contribution is -2.28. The Morgan fingerprint density at radius 1 is 1.10 bits per heavy atom. The minimum atomic E-state index is -0.326. The topological polar surface area (TPSA) is 76.9 Å². The van der Waals surface area contributed by atoms with Crippen molar-refractivity contribution in [3.8, 4) is 0 Å². The van der Waals surface area contributed by atoms with E-state index in [-0.39, 0.29) is 18.0 Å². The minimum absolute atomic E-state index is 0.104. The lowest BCUT2D eigenvalue weighted by Gasteiger charge is -2.07. The first kappa shape index (κ1) is 13.0. The molecule has 3 rings (SSSR count). The zero-order valence-corrected chi connectivity index (χ0v) is 11.1. The fourth-order valence-corrected chi connectivity index (χ4v) is 1.99. The molecule has 6 nitrogen and oxygen atoms in total. The van der Waals surface area contributed by atoms with E-state index < -0.39 is 0 Å². The SMILES string of the molecule is O=C(Cn1cnc2ccccc2c1=O)Nc1ccccn1. The third-order valence-electron chi connectivity index (χ3n) is 2.98. The van der Waals surface area contributed by atoms with Crippen LogP contribution in [0, 0.1) is 0 Å². The normalized spacial score (nSPS) is 10.5. The van der Waals surface area contributed by atoms with Crippen LogP contribution in [0.1, 0.15) is 0 Å².